The first-order chi connectivity index (χ1) is 8.16. The maximum absolute atomic E-state index is 10.3. The Balaban J connectivity index is 2.01. The number of aryl methyl sites for hydroxylation is 1. The Morgan fingerprint density at radius 1 is 1.47 bits per heavy atom. The molecule has 17 heavy (non-hydrogen) atoms. The van der Waals surface area contributed by atoms with Crippen LogP contribution in [-0.4, -0.2) is 21.3 Å². The molecule has 0 saturated carbocycles. The van der Waals surface area contributed by atoms with Crippen LogP contribution in [0.15, 0.2) is 25.8 Å². The molecule has 1 N–H and O–H groups in total. The summed E-state index contributed by atoms with van der Waals surface area (Å²) in [7, 11) is 0. The number of aliphatic carboxylic acids is 1. The highest BCUT2D eigenvalue weighted by molar-refractivity contribution is 9.10. The van der Waals surface area contributed by atoms with Crippen LogP contribution >= 0.6 is 15.9 Å². The molecule has 7 heteroatoms. The molecule has 0 aliphatic heterocycles. The van der Waals surface area contributed by atoms with Crippen molar-refractivity contribution in [2.45, 2.75) is 19.3 Å². The van der Waals surface area contributed by atoms with Crippen molar-refractivity contribution in [2.24, 2.45) is 0 Å². The van der Waals surface area contributed by atoms with Gasteiger partial charge in [0.1, 0.15) is 0 Å². The fourth-order valence-corrected chi connectivity index (χ4v) is 1.71. The molecule has 0 amide bonds. The van der Waals surface area contributed by atoms with Gasteiger partial charge in [0.05, 0.1) is 11.8 Å². The third kappa shape index (κ3) is 2.94. The summed E-state index contributed by atoms with van der Waals surface area (Å²) in [6.45, 7) is 0. The van der Waals surface area contributed by atoms with Crippen LogP contribution in [0.4, 0.5) is 0 Å². The average Bonchev–Trinajstić information content (AvgIpc) is 2.86. The van der Waals surface area contributed by atoms with Crippen molar-refractivity contribution in [1.29, 1.82) is 0 Å². The summed E-state index contributed by atoms with van der Waals surface area (Å²) in [6, 6.07) is 1.71. The lowest BCUT2D eigenvalue weighted by molar-refractivity contribution is -0.137. The second-order valence-corrected chi connectivity index (χ2v) is 4.08. The van der Waals surface area contributed by atoms with Crippen molar-refractivity contribution >= 4 is 21.9 Å². The molecule has 0 unspecified atom stereocenters. The van der Waals surface area contributed by atoms with Crippen LogP contribution in [-0.2, 0) is 11.2 Å². The first-order valence-electron chi connectivity index (χ1n) is 4.94. The van der Waals surface area contributed by atoms with E-state index < -0.39 is 5.97 Å². The van der Waals surface area contributed by atoms with E-state index in [-0.39, 0.29) is 6.42 Å². The number of hydrogen-bond acceptors (Lipinski definition) is 5. The van der Waals surface area contributed by atoms with Gasteiger partial charge in [0, 0.05) is 12.8 Å². The molecule has 0 aliphatic rings. The van der Waals surface area contributed by atoms with Crippen molar-refractivity contribution in [2.75, 3.05) is 0 Å². The van der Waals surface area contributed by atoms with E-state index in [4.69, 9.17) is 13.9 Å². The fourth-order valence-electron chi connectivity index (χ4n) is 1.30. The standard InChI is InChI=1S/C10H9BrN2O4/c11-9-6(4-5-16-9)10-13-12-7(17-10)2-1-3-8(14)15/h4-5H,1-3H2,(H,14,15). The third-order valence-corrected chi connectivity index (χ3v) is 2.71. The first-order valence-corrected chi connectivity index (χ1v) is 5.73. The molecule has 0 radical (unpaired) electrons. The number of hydrogen-bond donors (Lipinski definition) is 1. The van der Waals surface area contributed by atoms with Crippen molar-refractivity contribution in [3.8, 4) is 11.5 Å². The third-order valence-electron chi connectivity index (χ3n) is 2.10. The van der Waals surface area contributed by atoms with Gasteiger partial charge in [-0.2, -0.15) is 0 Å². The SMILES string of the molecule is O=C(O)CCCc1nnc(-c2ccoc2Br)o1. The van der Waals surface area contributed by atoms with Crippen LogP contribution in [0.2, 0.25) is 0 Å². The average molecular weight is 301 g/mol. The molecular formula is C10H9BrN2O4. The van der Waals surface area contributed by atoms with Gasteiger partial charge in [-0.15, -0.1) is 10.2 Å². The van der Waals surface area contributed by atoms with E-state index >= 15 is 0 Å². The fraction of sp³-hybridized carbons (Fsp3) is 0.300. The summed E-state index contributed by atoms with van der Waals surface area (Å²) in [5, 5.41) is 16.2. The zero-order valence-electron chi connectivity index (χ0n) is 8.72. The summed E-state index contributed by atoms with van der Waals surface area (Å²) in [6.07, 6.45) is 2.53. The molecule has 0 atom stereocenters. The highest BCUT2D eigenvalue weighted by Crippen LogP contribution is 2.28. The highest BCUT2D eigenvalue weighted by Gasteiger charge is 2.13. The predicted octanol–water partition coefficient (Wildman–Crippen LogP) is 2.50. The Bertz CT molecular complexity index is 520. The second kappa shape index (κ2) is 5.13. The molecule has 2 heterocycles. The summed E-state index contributed by atoms with van der Waals surface area (Å²) >= 11 is 3.21. The molecular weight excluding hydrogens is 292 g/mol. The Labute approximate surface area is 105 Å². The lowest BCUT2D eigenvalue weighted by atomic mass is 10.2. The Morgan fingerprint density at radius 2 is 2.29 bits per heavy atom. The van der Waals surface area contributed by atoms with E-state index in [9.17, 15) is 4.79 Å². The van der Waals surface area contributed by atoms with Gasteiger partial charge in [-0.1, -0.05) is 0 Å². The van der Waals surface area contributed by atoms with Crippen molar-refractivity contribution in [1.82, 2.24) is 10.2 Å². The smallest absolute Gasteiger partial charge is 0.303 e. The van der Waals surface area contributed by atoms with Crippen LogP contribution in [0.5, 0.6) is 0 Å². The van der Waals surface area contributed by atoms with Crippen LogP contribution in [0.1, 0.15) is 18.7 Å². The van der Waals surface area contributed by atoms with Crippen LogP contribution < -0.4 is 0 Å². The van der Waals surface area contributed by atoms with Crippen LogP contribution in [0.3, 0.4) is 0 Å². The van der Waals surface area contributed by atoms with Crippen LogP contribution in [0, 0.1) is 0 Å². The zero-order chi connectivity index (χ0) is 12.3. The van der Waals surface area contributed by atoms with Gasteiger partial charge >= 0.3 is 5.97 Å². The summed E-state index contributed by atoms with van der Waals surface area (Å²) in [5.41, 5.74) is 0.682. The minimum atomic E-state index is -0.831. The van der Waals surface area contributed by atoms with Gasteiger partial charge in [0.15, 0.2) is 4.67 Å². The summed E-state index contributed by atoms with van der Waals surface area (Å²) in [4.78, 5) is 10.3. The normalized spacial score (nSPS) is 10.6. The molecule has 0 saturated heterocycles. The number of furan rings is 1. The van der Waals surface area contributed by atoms with Gasteiger partial charge in [0.25, 0.3) is 5.89 Å². The quantitative estimate of drug-likeness (QED) is 0.912. The summed E-state index contributed by atoms with van der Waals surface area (Å²) < 4.78 is 11.0. The maximum Gasteiger partial charge on any atom is 0.303 e. The monoisotopic (exact) mass is 300 g/mol. The van der Waals surface area contributed by atoms with Crippen molar-refractivity contribution in [3.05, 3.63) is 22.9 Å². The minimum absolute atomic E-state index is 0.0904. The predicted molar refractivity (Wildman–Crippen MR) is 60.3 cm³/mol. The van der Waals surface area contributed by atoms with Gasteiger partial charge in [0.2, 0.25) is 5.89 Å². The molecule has 0 fully saturated rings. The Hall–Kier alpha value is -1.63. The lowest BCUT2D eigenvalue weighted by Crippen LogP contribution is -1.95. The van der Waals surface area contributed by atoms with Crippen molar-refractivity contribution in [3.63, 3.8) is 0 Å². The number of aromatic nitrogens is 2. The van der Waals surface area contributed by atoms with E-state index in [0.29, 0.717) is 34.9 Å². The Kier molecular flexibility index (Phi) is 3.58. The molecule has 0 aliphatic carbocycles. The van der Waals surface area contributed by atoms with E-state index in [1.165, 1.54) is 6.26 Å². The highest BCUT2D eigenvalue weighted by atomic mass is 79.9. The largest absolute Gasteiger partial charge is 0.481 e. The topological polar surface area (TPSA) is 89.4 Å². The molecule has 0 bridgehead atoms. The van der Waals surface area contributed by atoms with Gasteiger partial charge < -0.3 is 13.9 Å². The number of nitrogens with zero attached hydrogens (tertiary/aromatic N) is 2. The van der Waals surface area contributed by atoms with E-state index in [2.05, 4.69) is 26.1 Å². The van der Waals surface area contributed by atoms with Gasteiger partial charge in [-0.05, 0) is 28.4 Å². The lowest BCUT2D eigenvalue weighted by Gasteiger charge is -1.92. The number of carboxylic acid groups (broad SMARTS) is 1. The molecule has 0 spiro atoms. The molecule has 6 nitrogen and oxygen atoms in total. The van der Waals surface area contributed by atoms with E-state index in [1.54, 1.807) is 6.07 Å². The maximum atomic E-state index is 10.3. The Morgan fingerprint density at radius 3 is 2.94 bits per heavy atom. The number of carboxylic acids is 1. The minimum Gasteiger partial charge on any atom is -0.481 e. The number of rotatable bonds is 5. The number of halogens is 1. The van der Waals surface area contributed by atoms with Gasteiger partial charge in [-0.25, -0.2) is 0 Å². The van der Waals surface area contributed by atoms with E-state index in [0.717, 1.165) is 0 Å². The summed E-state index contributed by atoms with van der Waals surface area (Å²) in [5.74, 6) is -0.0485. The number of carbonyl (C=O) groups is 1. The van der Waals surface area contributed by atoms with Gasteiger partial charge in [-0.3, -0.25) is 4.79 Å². The molecule has 2 rings (SSSR count). The molecule has 90 valence electrons. The van der Waals surface area contributed by atoms with E-state index in [1.807, 2.05) is 0 Å². The zero-order valence-corrected chi connectivity index (χ0v) is 10.3. The van der Waals surface area contributed by atoms with Crippen LogP contribution in [0.25, 0.3) is 11.5 Å². The first kappa shape index (κ1) is 11.8. The molecule has 0 aromatic carbocycles. The molecule has 2 aromatic rings. The van der Waals surface area contributed by atoms with Crippen molar-refractivity contribution < 1.29 is 18.7 Å². The molecule has 2 aromatic heterocycles. The second-order valence-electron chi connectivity index (χ2n) is 3.36.